The minimum absolute atomic E-state index is 0.0512. The van der Waals surface area contributed by atoms with Crippen LogP contribution in [-0.4, -0.2) is 11.5 Å². The van der Waals surface area contributed by atoms with E-state index in [1.165, 1.54) is 12.1 Å². The van der Waals surface area contributed by atoms with E-state index in [-0.39, 0.29) is 12.2 Å². The lowest BCUT2D eigenvalue weighted by molar-refractivity contribution is -0.384. The highest BCUT2D eigenvalue weighted by Gasteiger charge is 2.06. The summed E-state index contributed by atoms with van der Waals surface area (Å²) < 4.78 is 0. The maximum Gasteiger partial charge on any atom is 0.271 e. The number of nitrogen functional groups attached to an aromatic ring is 1. The smallest absolute Gasteiger partial charge is 0.271 e. The monoisotopic (exact) mass is 219 g/mol. The summed E-state index contributed by atoms with van der Waals surface area (Å²) in [6.45, 7) is 0.215. The zero-order valence-electron chi connectivity index (χ0n) is 8.28. The number of nitro benzene ring substituents is 1. The number of hydrogen-bond acceptors (Lipinski definition) is 4. The first kappa shape index (κ1) is 11.5. The van der Waals surface area contributed by atoms with Crippen LogP contribution in [0.15, 0.2) is 29.4 Å². The first-order valence-corrected chi connectivity index (χ1v) is 4.36. The van der Waals surface area contributed by atoms with E-state index in [0.717, 1.165) is 0 Å². The number of nitro groups is 1. The van der Waals surface area contributed by atoms with Gasteiger partial charge >= 0.3 is 0 Å². The van der Waals surface area contributed by atoms with E-state index in [4.69, 9.17) is 11.3 Å². The van der Waals surface area contributed by atoms with Gasteiger partial charge in [-0.05, 0) is 17.2 Å². The Morgan fingerprint density at radius 2 is 2.38 bits per heavy atom. The Labute approximate surface area is 91.0 Å². The molecule has 0 saturated carbocycles. The van der Waals surface area contributed by atoms with Gasteiger partial charge in [0.15, 0.2) is 0 Å². The lowest BCUT2D eigenvalue weighted by Gasteiger charge is -1.99. The summed E-state index contributed by atoms with van der Waals surface area (Å²) in [5, 5.41) is 13.7. The second-order valence-electron chi connectivity index (χ2n) is 2.89. The van der Waals surface area contributed by atoms with Crippen LogP contribution in [0.2, 0.25) is 0 Å². The molecule has 7 heteroatoms. The second kappa shape index (κ2) is 5.38. The molecule has 7 nitrogen and oxygen atoms in total. The number of hydrogen-bond donors (Lipinski definition) is 1. The molecule has 16 heavy (non-hydrogen) atoms. The van der Waals surface area contributed by atoms with Crippen LogP contribution in [0.3, 0.4) is 0 Å². The Kier molecular flexibility index (Phi) is 3.88. The fourth-order valence-corrected chi connectivity index (χ4v) is 1.09. The number of rotatable bonds is 4. The largest absolute Gasteiger partial charge is 0.398 e. The number of anilines is 1. The van der Waals surface area contributed by atoms with E-state index in [2.05, 4.69) is 10.0 Å². The molecule has 0 aliphatic rings. The maximum absolute atomic E-state index is 10.4. The van der Waals surface area contributed by atoms with Crippen LogP contribution in [0.5, 0.6) is 0 Å². The van der Waals surface area contributed by atoms with Gasteiger partial charge in [-0.2, -0.15) is 0 Å². The normalized spacial score (nSPS) is 10.0. The predicted molar refractivity (Wildman–Crippen MR) is 60.6 cm³/mol. The van der Waals surface area contributed by atoms with Crippen molar-refractivity contribution >= 4 is 17.5 Å². The Bertz CT molecular complexity index is 477. The van der Waals surface area contributed by atoms with Gasteiger partial charge in [0, 0.05) is 29.3 Å². The summed E-state index contributed by atoms with van der Waals surface area (Å²) in [5.74, 6) is 0. The van der Waals surface area contributed by atoms with Gasteiger partial charge in [0.2, 0.25) is 0 Å². The average molecular weight is 219 g/mol. The summed E-state index contributed by atoms with van der Waals surface area (Å²) in [7, 11) is 0. The quantitative estimate of drug-likeness (QED) is 0.209. The highest BCUT2D eigenvalue weighted by molar-refractivity contribution is 5.67. The molecular weight excluding hydrogens is 210 g/mol. The summed E-state index contributed by atoms with van der Waals surface area (Å²) in [4.78, 5) is 12.5. The Hall–Kier alpha value is -2.53. The van der Waals surface area contributed by atoms with E-state index in [9.17, 15) is 10.1 Å². The van der Waals surface area contributed by atoms with Gasteiger partial charge in [0.25, 0.3) is 5.69 Å². The van der Waals surface area contributed by atoms with E-state index >= 15 is 0 Å². The van der Waals surface area contributed by atoms with E-state index in [1.807, 2.05) is 0 Å². The van der Waals surface area contributed by atoms with Crippen molar-refractivity contribution in [2.45, 2.75) is 0 Å². The topological polar surface area (TPSA) is 118 Å². The predicted octanol–water partition coefficient (Wildman–Crippen LogP) is 2.50. The molecular formula is C9H9N5O2. The summed E-state index contributed by atoms with van der Waals surface area (Å²) in [6, 6.07) is 4.19. The molecule has 0 unspecified atom stereocenters. The van der Waals surface area contributed by atoms with Gasteiger partial charge in [0.1, 0.15) is 0 Å². The van der Waals surface area contributed by atoms with E-state index < -0.39 is 4.92 Å². The molecule has 0 aliphatic carbocycles. The number of nitrogens with two attached hydrogens (primary N) is 1. The van der Waals surface area contributed by atoms with Crippen molar-refractivity contribution in [1.82, 2.24) is 0 Å². The molecule has 0 spiro atoms. The van der Waals surface area contributed by atoms with Gasteiger partial charge in [-0.25, -0.2) is 0 Å². The zero-order valence-corrected chi connectivity index (χ0v) is 8.28. The van der Waals surface area contributed by atoms with Crippen LogP contribution >= 0.6 is 0 Å². The fourth-order valence-electron chi connectivity index (χ4n) is 1.09. The van der Waals surface area contributed by atoms with E-state index in [0.29, 0.717) is 11.3 Å². The Balaban J connectivity index is 2.86. The molecule has 0 radical (unpaired) electrons. The van der Waals surface area contributed by atoms with Gasteiger partial charge in [-0.15, -0.1) is 0 Å². The third-order valence-corrected chi connectivity index (χ3v) is 1.83. The lowest BCUT2D eigenvalue weighted by Crippen LogP contribution is -1.93. The number of nitrogens with zero attached hydrogens (tertiary/aromatic N) is 4. The van der Waals surface area contributed by atoms with Crippen molar-refractivity contribution in [3.05, 3.63) is 50.4 Å². The highest BCUT2D eigenvalue weighted by atomic mass is 16.6. The molecule has 82 valence electrons. The molecule has 0 saturated heterocycles. The van der Waals surface area contributed by atoms with Crippen LogP contribution in [0.1, 0.15) is 5.56 Å². The number of non-ortho nitro benzene ring substituents is 1. The SMILES string of the molecule is [N-]=[N+]=NCC=Cc1ccc([N+](=O)[O-])cc1N. The van der Waals surface area contributed by atoms with Crippen molar-refractivity contribution in [2.24, 2.45) is 5.11 Å². The highest BCUT2D eigenvalue weighted by Crippen LogP contribution is 2.20. The number of benzene rings is 1. The molecule has 1 aromatic carbocycles. The Morgan fingerprint density at radius 1 is 1.62 bits per heavy atom. The molecule has 1 rings (SSSR count). The lowest BCUT2D eigenvalue weighted by atomic mass is 10.1. The third-order valence-electron chi connectivity index (χ3n) is 1.83. The average Bonchev–Trinajstić information content (AvgIpc) is 2.26. The van der Waals surface area contributed by atoms with Crippen LogP contribution < -0.4 is 5.73 Å². The van der Waals surface area contributed by atoms with Crippen molar-refractivity contribution in [3.63, 3.8) is 0 Å². The Morgan fingerprint density at radius 3 is 2.94 bits per heavy atom. The molecule has 0 fully saturated rings. The van der Waals surface area contributed by atoms with Crippen LogP contribution in [-0.2, 0) is 0 Å². The first-order chi connectivity index (χ1) is 7.65. The summed E-state index contributed by atoms with van der Waals surface area (Å²) >= 11 is 0. The van der Waals surface area contributed by atoms with Gasteiger partial charge in [0.05, 0.1) is 4.92 Å². The van der Waals surface area contributed by atoms with E-state index in [1.54, 1.807) is 18.2 Å². The second-order valence-corrected chi connectivity index (χ2v) is 2.89. The molecule has 0 bridgehead atoms. The van der Waals surface area contributed by atoms with Gasteiger partial charge < -0.3 is 5.73 Å². The van der Waals surface area contributed by atoms with Crippen molar-refractivity contribution in [2.75, 3.05) is 12.3 Å². The van der Waals surface area contributed by atoms with Crippen molar-refractivity contribution < 1.29 is 4.92 Å². The molecule has 0 heterocycles. The first-order valence-electron chi connectivity index (χ1n) is 4.36. The van der Waals surface area contributed by atoms with Crippen LogP contribution in [0.4, 0.5) is 11.4 Å². The summed E-state index contributed by atoms with van der Waals surface area (Å²) in [6.07, 6.45) is 3.27. The maximum atomic E-state index is 10.4. The molecule has 0 aliphatic heterocycles. The molecule has 0 amide bonds. The third kappa shape index (κ3) is 3.00. The summed E-state index contributed by atoms with van der Waals surface area (Å²) in [5.41, 5.74) is 14.6. The fraction of sp³-hybridized carbons (Fsp3) is 0.111. The molecule has 1 aromatic rings. The van der Waals surface area contributed by atoms with Crippen molar-refractivity contribution in [3.8, 4) is 0 Å². The van der Waals surface area contributed by atoms with Gasteiger partial charge in [-0.3, -0.25) is 10.1 Å². The minimum Gasteiger partial charge on any atom is -0.398 e. The molecule has 0 aromatic heterocycles. The number of azide groups is 1. The van der Waals surface area contributed by atoms with Crippen molar-refractivity contribution in [1.29, 1.82) is 0 Å². The molecule has 2 N–H and O–H groups in total. The molecule has 0 atom stereocenters. The zero-order chi connectivity index (χ0) is 12.0. The van der Waals surface area contributed by atoms with Crippen LogP contribution in [0, 0.1) is 10.1 Å². The minimum atomic E-state index is -0.510. The van der Waals surface area contributed by atoms with Gasteiger partial charge in [-0.1, -0.05) is 17.3 Å². The van der Waals surface area contributed by atoms with Crippen LogP contribution in [0.25, 0.3) is 16.5 Å². The standard InChI is InChI=1S/C9H9N5O2/c10-9-6-8(14(15)16)4-3-7(9)2-1-5-12-13-11/h1-4,6H,5,10H2.